The van der Waals surface area contributed by atoms with Gasteiger partial charge >= 0.3 is 0 Å². The van der Waals surface area contributed by atoms with Crippen LogP contribution in [0.3, 0.4) is 0 Å². The van der Waals surface area contributed by atoms with Crippen molar-refractivity contribution in [2.24, 2.45) is 11.5 Å². The van der Waals surface area contributed by atoms with Gasteiger partial charge in [-0.15, -0.1) is 0 Å². The highest BCUT2D eigenvalue weighted by Gasteiger charge is 2.05. The van der Waals surface area contributed by atoms with Crippen LogP contribution < -0.4 is 22.1 Å². The lowest BCUT2D eigenvalue weighted by molar-refractivity contribution is -0.0674. The molecule has 11 heteroatoms. The van der Waals surface area contributed by atoms with E-state index in [9.17, 15) is 0 Å². The van der Waals surface area contributed by atoms with Crippen molar-refractivity contribution in [1.82, 2.24) is 15.5 Å². The molecule has 0 spiro atoms. The van der Waals surface area contributed by atoms with Crippen LogP contribution >= 0.6 is 0 Å². The van der Waals surface area contributed by atoms with E-state index in [0.29, 0.717) is 53.4 Å². The number of nitrogens with zero attached hydrogens (tertiary/aromatic N) is 1. The maximum Gasteiger partial charge on any atom is 0.146 e. The van der Waals surface area contributed by atoms with Crippen molar-refractivity contribution in [2.45, 2.75) is 51.9 Å². The second-order valence-corrected chi connectivity index (χ2v) is 8.84. The molecular formula is C26H59N5O6. The molecular weight excluding hydrogens is 478 g/mol. The van der Waals surface area contributed by atoms with E-state index in [2.05, 4.69) is 22.5 Å². The van der Waals surface area contributed by atoms with E-state index in [1.54, 1.807) is 0 Å². The van der Waals surface area contributed by atoms with E-state index in [0.717, 1.165) is 111 Å². The quantitative estimate of drug-likeness (QED) is 0.0708. The SMILES string of the molecule is CCCNCCOCOCCN(CCCCCOCOCCCCCN)CCOCOCCNCCN. The summed E-state index contributed by atoms with van der Waals surface area (Å²) < 4.78 is 33.4. The van der Waals surface area contributed by atoms with Gasteiger partial charge in [-0.25, -0.2) is 0 Å². The summed E-state index contributed by atoms with van der Waals surface area (Å²) in [7, 11) is 0. The van der Waals surface area contributed by atoms with Gasteiger partial charge < -0.3 is 50.5 Å². The average Bonchev–Trinajstić information content (AvgIpc) is 2.91. The molecule has 0 aromatic carbocycles. The van der Waals surface area contributed by atoms with Crippen molar-refractivity contribution in [3.05, 3.63) is 0 Å². The van der Waals surface area contributed by atoms with E-state index in [-0.39, 0.29) is 0 Å². The van der Waals surface area contributed by atoms with Crippen LogP contribution in [0.25, 0.3) is 0 Å². The van der Waals surface area contributed by atoms with E-state index >= 15 is 0 Å². The minimum Gasteiger partial charge on any atom is -0.355 e. The van der Waals surface area contributed by atoms with Crippen LogP contribution in [0.5, 0.6) is 0 Å². The molecule has 37 heavy (non-hydrogen) atoms. The summed E-state index contributed by atoms with van der Waals surface area (Å²) in [6.07, 6.45) is 7.60. The summed E-state index contributed by atoms with van der Waals surface area (Å²) in [4.78, 5) is 2.37. The monoisotopic (exact) mass is 537 g/mol. The zero-order chi connectivity index (χ0) is 26.9. The molecule has 0 aromatic rings. The zero-order valence-corrected chi connectivity index (χ0v) is 23.7. The first-order chi connectivity index (χ1) is 18.3. The van der Waals surface area contributed by atoms with Gasteiger partial charge in [0, 0.05) is 52.5 Å². The second kappa shape index (κ2) is 33.6. The Labute approximate surface area is 226 Å². The first-order valence-electron chi connectivity index (χ1n) is 14.4. The fourth-order valence-electron chi connectivity index (χ4n) is 3.31. The number of ether oxygens (including phenoxy) is 6. The smallest absolute Gasteiger partial charge is 0.146 e. The largest absolute Gasteiger partial charge is 0.355 e. The van der Waals surface area contributed by atoms with E-state index in [4.69, 9.17) is 39.9 Å². The summed E-state index contributed by atoms with van der Waals surface area (Å²) in [5.41, 5.74) is 10.9. The number of rotatable bonds is 33. The third kappa shape index (κ3) is 31.7. The van der Waals surface area contributed by atoms with Crippen molar-refractivity contribution in [3.63, 3.8) is 0 Å². The highest BCUT2D eigenvalue weighted by Crippen LogP contribution is 2.01. The number of nitrogens with two attached hydrogens (primary N) is 2. The molecule has 0 rings (SSSR count). The second-order valence-electron chi connectivity index (χ2n) is 8.84. The van der Waals surface area contributed by atoms with Crippen molar-refractivity contribution in [3.8, 4) is 0 Å². The molecule has 224 valence electrons. The Bertz CT molecular complexity index is 394. The highest BCUT2D eigenvalue weighted by molar-refractivity contribution is 4.58. The summed E-state index contributed by atoms with van der Waals surface area (Å²) >= 11 is 0. The maximum absolute atomic E-state index is 5.66. The predicted octanol–water partition coefficient (Wildman–Crippen LogP) is 1.11. The molecule has 0 heterocycles. The Hall–Kier alpha value is -0.440. The molecule has 0 amide bonds. The van der Waals surface area contributed by atoms with Crippen LogP contribution in [0.4, 0.5) is 0 Å². The molecule has 0 aromatic heterocycles. The highest BCUT2D eigenvalue weighted by atomic mass is 16.7. The molecule has 0 unspecified atom stereocenters. The first-order valence-corrected chi connectivity index (χ1v) is 14.4. The third-order valence-corrected chi connectivity index (χ3v) is 5.45. The summed E-state index contributed by atoms with van der Waals surface area (Å²) in [6.45, 7) is 14.7. The van der Waals surface area contributed by atoms with Crippen molar-refractivity contribution < 1.29 is 28.4 Å². The molecule has 0 atom stereocenters. The number of hydrogen-bond acceptors (Lipinski definition) is 11. The van der Waals surface area contributed by atoms with Gasteiger partial charge in [-0.05, 0) is 64.6 Å². The molecule has 0 fully saturated rings. The minimum absolute atomic E-state index is 0.307. The molecule has 0 saturated heterocycles. The van der Waals surface area contributed by atoms with E-state index < -0.39 is 0 Å². The standard InChI is InChI=1S/C26H59N5O6/c1-2-11-29-13-20-34-25-36-22-16-31(17-23-37-26-35-21-14-30-12-10-28)15-6-4-8-19-33-24-32-18-7-3-5-9-27/h29-30H,2-28H2,1H3. The van der Waals surface area contributed by atoms with Crippen LogP contribution in [0, 0.1) is 0 Å². The lowest BCUT2D eigenvalue weighted by Crippen LogP contribution is -2.32. The molecule has 0 radical (unpaired) electrons. The Morgan fingerprint density at radius 3 is 1.54 bits per heavy atom. The van der Waals surface area contributed by atoms with Gasteiger partial charge in [0.15, 0.2) is 0 Å². The number of unbranched alkanes of at least 4 members (excludes halogenated alkanes) is 4. The maximum atomic E-state index is 5.66. The minimum atomic E-state index is 0.307. The predicted molar refractivity (Wildman–Crippen MR) is 149 cm³/mol. The fraction of sp³-hybridized carbons (Fsp3) is 1.00. The lowest BCUT2D eigenvalue weighted by atomic mass is 10.2. The Morgan fingerprint density at radius 1 is 0.486 bits per heavy atom. The molecule has 11 nitrogen and oxygen atoms in total. The fourth-order valence-corrected chi connectivity index (χ4v) is 3.31. The third-order valence-electron chi connectivity index (χ3n) is 5.45. The Balaban J connectivity index is 3.85. The van der Waals surface area contributed by atoms with Crippen LogP contribution in [0.2, 0.25) is 0 Å². The topological polar surface area (TPSA) is 135 Å². The normalized spacial score (nSPS) is 11.7. The molecule has 0 aliphatic rings. The number of nitrogens with one attached hydrogen (secondary N) is 2. The van der Waals surface area contributed by atoms with E-state index in [1.165, 1.54) is 0 Å². The summed E-state index contributed by atoms with van der Waals surface area (Å²) in [5, 5.41) is 6.50. The molecule has 0 aliphatic carbocycles. The van der Waals surface area contributed by atoms with Gasteiger partial charge in [-0.2, -0.15) is 0 Å². The van der Waals surface area contributed by atoms with Crippen LogP contribution in [0.1, 0.15) is 51.9 Å². The Morgan fingerprint density at radius 2 is 1.00 bits per heavy atom. The van der Waals surface area contributed by atoms with E-state index in [1.807, 2.05) is 0 Å². The summed E-state index contributed by atoms with van der Waals surface area (Å²) in [6, 6.07) is 0. The number of hydrogen-bond donors (Lipinski definition) is 4. The van der Waals surface area contributed by atoms with Gasteiger partial charge in [-0.3, -0.25) is 4.90 Å². The lowest BCUT2D eigenvalue weighted by Gasteiger charge is -2.22. The van der Waals surface area contributed by atoms with Crippen molar-refractivity contribution >= 4 is 0 Å². The average molecular weight is 538 g/mol. The Kier molecular flexibility index (Phi) is 33.2. The van der Waals surface area contributed by atoms with Crippen LogP contribution in [-0.2, 0) is 28.4 Å². The van der Waals surface area contributed by atoms with Gasteiger partial charge in [0.1, 0.15) is 20.4 Å². The van der Waals surface area contributed by atoms with Crippen LogP contribution in [0.15, 0.2) is 0 Å². The van der Waals surface area contributed by atoms with Gasteiger partial charge in [0.05, 0.1) is 26.4 Å². The van der Waals surface area contributed by atoms with Crippen molar-refractivity contribution in [1.29, 1.82) is 0 Å². The summed E-state index contributed by atoms with van der Waals surface area (Å²) in [5.74, 6) is 0. The molecule has 6 N–H and O–H groups in total. The zero-order valence-electron chi connectivity index (χ0n) is 23.7. The molecule has 0 aliphatic heterocycles. The van der Waals surface area contributed by atoms with Gasteiger partial charge in [0.2, 0.25) is 0 Å². The first kappa shape index (κ1) is 36.6. The van der Waals surface area contributed by atoms with Gasteiger partial charge in [-0.1, -0.05) is 6.92 Å². The molecule has 0 saturated carbocycles. The van der Waals surface area contributed by atoms with Crippen LogP contribution in [-0.4, -0.2) is 124 Å². The van der Waals surface area contributed by atoms with Crippen molar-refractivity contribution in [2.75, 3.05) is 119 Å². The molecule has 0 bridgehead atoms. The van der Waals surface area contributed by atoms with Gasteiger partial charge in [0.25, 0.3) is 0 Å².